The van der Waals surface area contributed by atoms with Crippen molar-refractivity contribution in [3.63, 3.8) is 0 Å². The average molecular weight is 345 g/mol. The molecule has 104 valence electrons. The van der Waals surface area contributed by atoms with Crippen LogP contribution in [0.5, 0.6) is 0 Å². The van der Waals surface area contributed by atoms with Crippen LogP contribution in [0.15, 0.2) is 28.7 Å². The zero-order valence-corrected chi connectivity index (χ0v) is 13.4. The summed E-state index contributed by atoms with van der Waals surface area (Å²) in [6, 6.07) is 7.17. The molecule has 19 heavy (non-hydrogen) atoms. The number of nitrogens with zero attached hydrogens (tertiary/aromatic N) is 1. The first-order chi connectivity index (χ1) is 8.93. The molecule has 0 saturated carbocycles. The lowest BCUT2D eigenvalue weighted by Crippen LogP contribution is -2.47. The van der Waals surface area contributed by atoms with Gasteiger partial charge in [0.25, 0.3) is 0 Å². The van der Waals surface area contributed by atoms with E-state index in [1.807, 2.05) is 24.3 Å². The standard InChI is InChI=1S/C13H17BrN2O2S/c1-9(17)15-12(8-19)13(18)16(2)7-10-3-5-11(14)6-4-10/h3-6,12,19H,7-8H2,1-2H3,(H,15,17). The SMILES string of the molecule is CC(=O)NC(CS)C(=O)N(C)Cc1ccc(Br)cc1. The normalized spacial score (nSPS) is 11.8. The van der Waals surface area contributed by atoms with Crippen LogP contribution in [-0.2, 0) is 16.1 Å². The Hall–Kier alpha value is -1.01. The number of hydrogen-bond acceptors (Lipinski definition) is 3. The number of amides is 2. The topological polar surface area (TPSA) is 49.4 Å². The molecule has 1 rings (SSSR count). The fraction of sp³-hybridized carbons (Fsp3) is 0.385. The van der Waals surface area contributed by atoms with Crippen molar-refractivity contribution in [3.05, 3.63) is 34.3 Å². The van der Waals surface area contributed by atoms with Crippen LogP contribution in [0, 0.1) is 0 Å². The Morgan fingerprint density at radius 1 is 1.37 bits per heavy atom. The summed E-state index contributed by atoms with van der Waals surface area (Å²) >= 11 is 7.46. The number of likely N-dealkylation sites (N-methyl/N-ethyl adjacent to an activating group) is 1. The second-order valence-electron chi connectivity index (χ2n) is 4.26. The van der Waals surface area contributed by atoms with Gasteiger partial charge in [0.15, 0.2) is 0 Å². The number of rotatable bonds is 5. The molecule has 1 aromatic carbocycles. The van der Waals surface area contributed by atoms with E-state index in [-0.39, 0.29) is 17.6 Å². The van der Waals surface area contributed by atoms with Crippen molar-refractivity contribution in [2.24, 2.45) is 0 Å². The van der Waals surface area contributed by atoms with Gasteiger partial charge in [-0.3, -0.25) is 9.59 Å². The summed E-state index contributed by atoms with van der Waals surface area (Å²) in [7, 11) is 1.71. The maximum absolute atomic E-state index is 12.1. The highest BCUT2D eigenvalue weighted by Gasteiger charge is 2.21. The number of hydrogen-bond donors (Lipinski definition) is 2. The summed E-state index contributed by atoms with van der Waals surface area (Å²) in [6.45, 7) is 1.88. The summed E-state index contributed by atoms with van der Waals surface area (Å²) in [6.07, 6.45) is 0. The molecule has 1 aromatic rings. The number of thiol groups is 1. The van der Waals surface area contributed by atoms with Crippen LogP contribution < -0.4 is 5.32 Å². The minimum Gasteiger partial charge on any atom is -0.344 e. The average Bonchev–Trinajstić information content (AvgIpc) is 2.37. The predicted molar refractivity (Wildman–Crippen MR) is 82.1 cm³/mol. The van der Waals surface area contributed by atoms with Crippen molar-refractivity contribution in [1.82, 2.24) is 10.2 Å². The molecule has 4 nitrogen and oxygen atoms in total. The molecule has 1 atom stereocenters. The number of carbonyl (C=O) groups is 2. The number of benzene rings is 1. The minimum atomic E-state index is -0.582. The van der Waals surface area contributed by atoms with Gasteiger partial charge in [0, 0.05) is 30.7 Å². The number of carbonyl (C=O) groups excluding carboxylic acids is 2. The van der Waals surface area contributed by atoms with Gasteiger partial charge in [-0.1, -0.05) is 28.1 Å². The molecule has 0 fully saturated rings. The van der Waals surface area contributed by atoms with Crippen LogP contribution in [0.1, 0.15) is 12.5 Å². The second kappa shape index (κ2) is 7.55. The zero-order chi connectivity index (χ0) is 14.4. The van der Waals surface area contributed by atoms with Gasteiger partial charge in [-0.15, -0.1) is 0 Å². The molecule has 0 radical (unpaired) electrons. The quantitative estimate of drug-likeness (QED) is 0.800. The van der Waals surface area contributed by atoms with Crippen molar-refractivity contribution in [2.45, 2.75) is 19.5 Å². The van der Waals surface area contributed by atoms with E-state index in [9.17, 15) is 9.59 Å². The van der Waals surface area contributed by atoms with Crippen molar-refractivity contribution in [3.8, 4) is 0 Å². The summed E-state index contributed by atoms with van der Waals surface area (Å²) in [5, 5.41) is 2.59. The van der Waals surface area contributed by atoms with Crippen molar-refractivity contribution >= 4 is 40.4 Å². The fourth-order valence-corrected chi connectivity index (χ4v) is 2.15. The van der Waals surface area contributed by atoms with E-state index in [1.165, 1.54) is 6.92 Å². The largest absolute Gasteiger partial charge is 0.344 e. The van der Waals surface area contributed by atoms with Gasteiger partial charge in [-0.2, -0.15) is 12.6 Å². The van der Waals surface area contributed by atoms with Crippen molar-refractivity contribution in [2.75, 3.05) is 12.8 Å². The highest BCUT2D eigenvalue weighted by atomic mass is 79.9. The molecule has 0 spiro atoms. The Labute approximate surface area is 127 Å². The first-order valence-corrected chi connectivity index (χ1v) is 7.24. The van der Waals surface area contributed by atoms with E-state index in [1.54, 1.807) is 11.9 Å². The van der Waals surface area contributed by atoms with E-state index < -0.39 is 6.04 Å². The number of nitrogens with one attached hydrogen (secondary N) is 1. The van der Waals surface area contributed by atoms with Gasteiger partial charge in [-0.25, -0.2) is 0 Å². The predicted octanol–water partition coefficient (Wildman–Crippen LogP) is 1.84. The highest BCUT2D eigenvalue weighted by molar-refractivity contribution is 9.10. The van der Waals surface area contributed by atoms with Crippen molar-refractivity contribution < 1.29 is 9.59 Å². The maximum atomic E-state index is 12.1. The third kappa shape index (κ3) is 5.24. The first-order valence-electron chi connectivity index (χ1n) is 5.81. The van der Waals surface area contributed by atoms with Gasteiger partial charge >= 0.3 is 0 Å². The molecule has 0 heterocycles. The Bertz CT molecular complexity index is 450. The van der Waals surface area contributed by atoms with Crippen LogP contribution in [0.2, 0.25) is 0 Å². The van der Waals surface area contributed by atoms with Crippen LogP contribution in [-0.4, -0.2) is 35.6 Å². The Morgan fingerprint density at radius 2 is 1.95 bits per heavy atom. The summed E-state index contributed by atoms with van der Waals surface area (Å²) < 4.78 is 0.997. The van der Waals surface area contributed by atoms with Gasteiger partial charge in [-0.05, 0) is 17.7 Å². The third-order valence-corrected chi connectivity index (χ3v) is 3.46. The fourth-order valence-electron chi connectivity index (χ4n) is 1.64. The van der Waals surface area contributed by atoms with Crippen LogP contribution in [0.25, 0.3) is 0 Å². The third-order valence-electron chi connectivity index (χ3n) is 2.57. The van der Waals surface area contributed by atoms with E-state index in [2.05, 4.69) is 33.9 Å². The molecule has 1 unspecified atom stereocenters. The summed E-state index contributed by atoms with van der Waals surface area (Å²) in [5.74, 6) is -0.0964. The molecule has 0 bridgehead atoms. The lowest BCUT2D eigenvalue weighted by atomic mass is 10.2. The van der Waals surface area contributed by atoms with E-state index in [4.69, 9.17) is 0 Å². The van der Waals surface area contributed by atoms with Gasteiger partial charge in [0.1, 0.15) is 6.04 Å². The molecule has 0 saturated heterocycles. The van der Waals surface area contributed by atoms with Crippen molar-refractivity contribution in [1.29, 1.82) is 0 Å². The minimum absolute atomic E-state index is 0.145. The molecule has 1 N–H and O–H groups in total. The van der Waals surface area contributed by atoms with Gasteiger partial charge < -0.3 is 10.2 Å². The lowest BCUT2D eigenvalue weighted by molar-refractivity contribution is -0.134. The molecule has 6 heteroatoms. The molecule has 0 aromatic heterocycles. The maximum Gasteiger partial charge on any atom is 0.246 e. The van der Waals surface area contributed by atoms with Gasteiger partial charge in [0.05, 0.1) is 0 Å². The Morgan fingerprint density at radius 3 is 2.42 bits per heavy atom. The van der Waals surface area contributed by atoms with Gasteiger partial charge in [0.2, 0.25) is 11.8 Å². The van der Waals surface area contributed by atoms with E-state index >= 15 is 0 Å². The highest BCUT2D eigenvalue weighted by Crippen LogP contribution is 2.12. The Balaban J connectivity index is 2.65. The zero-order valence-electron chi connectivity index (χ0n) is 10.9. The van der Waals surface area contributed by atoms with Crippen LogP contribution in [0.4, 0.5) is 0 Å². The monoisotopic (exact) mass is 344 g/mol. The number of halogens is 1. The summed E-state index contributed by atoms with van der Waals surface area (Å²) in [4.78, 5) is 24.7. The first kappa shape index (κ1) is 16.0. The molecule has 0 aliphatic carbocycles. The summed E-state index contributed by atoms with van der Waals surface area (Å²) in [5.41, 5.74) is 1.03. The lowest BCUT2D eigenvalue weighted by Gasteiger charge is -2.23. The molecule has 0 aliphatic heterocycles. The van der Waals surface area contributed by atoms with Crippen LogP contribution in [0.3, 0.4) is 0 Å². The smallest absolute Gasteiger partial charge is 0.246 e. The molecular formula is C13H17BrN2O2S. The molecular weight excluding hydrogens is 328 g/mol. The molecule has 2 amide bonds. The molecule has 0 aliphatic rings. The Kier molecular flexibility index (Phi) is 6.37. The van der Waals surface area contributed by atoms with E-state index in [0.29, 0.717) is 6.54 Å². The van der Waals surface area contributed by atoms with E-state index in [0.717, 1.165) is 10.0 Å². The van der Waals surface area contributed by atoms with Crippen LogP contribution >= 0.6 is 28.6 Å². The second-order valence-corrected chi connectivity index (χ2v) is 5.54.